The largest absolute Gasteiger partial charge is 0.377 e. The number of hydrogen-bond donors (Lipinski definition) is 1. The van der Waals surface area contributed by atoms with E-state index in [2.05, 4.69) is 85.8 Å². The number of likely N-dealkylation sites (tertiary alicyclic amines) is 1. The molecular formula is C38H30N2O3. The average Bonchev–Trinajstić information content (AvgIpc) is 3.51. The lowest BCUT2D eigenvalue weighted by molar-refractivity contribution is -0.157. The van der Waals surface area contributed by atoms with Gasteiger partial charge in [-0.25, -0.2) is 0 Å². The SMILES string of the molecule is Cc1ccc(C2=NOC34C(=O)N(CCc5cccc6ccccc56)C(O)C23C2c3ccccc3C4c3ccccc32)cc1. The predicted octanol–water partition coefficient (Wildman–Crippen LogP) is 6.30. The Kier molecular flexibility index (Phi) is 4.99. The van der Waals surface area contributed by atoms with Crippen LogP contribution in [-0.2, 0) is 16.1 Å². The number of amides is 1. The molecule has 0 spiro atoms. The van der Waals surface area contributed by atoms with Gasteiger partial charge in [0.1, 0.15) is 17.4 Å². The van der Waals surface area contributed by atoms with Gasteiger partial charge >= 0.3 is 0 Å². The fourth-order valence-electron chi connectivity index (χ4n) is 8.78. The monoisotopic (exact) mass is 562 g/mol. The number of carbonyl (C=O) groups excluding carboxylic acids is 1. The number of benzene rings is 5. The van der Waals surface area contributed by atoms with E-state index in [0.717, 1.165) is 49.7 Å². The molecule has 5 aromatic carbocycles. The molecule has 0 saturated carbocycles. The van der Waals surface area contributed by atoms with Crippen molar-refractivity contribution in [1.82, 2.24) is 4.90 Å². The molecule has 1 saturated heterocycles. The topological polar surface area (TPSA) is 62.1 Å². The Labute approximate surface area is 250 Å². The first kappa shape index (κ1) is 24.8. The van der Waals surface area contributed by atoms with E-state index < -0.39 is 23.2 Å². The van der Waals surface area contributed by atoms with Crippen LogP contribution >= 0.6 is 0 Å². The number of hydrogen-bond acceptors (Lipinski definition) is 4. The van der Waals surface area contributed by atoms with Crippen LogP contribution in [0.5, 0.6) is 0 Å². The summed E-state index contributed by atoms with van der Waals surface area (Å²) in [5.74, 6) is -0.902. The fourth-order valence-corrected chi connectivity index (χ4v) is 8.78. The van der Waals surface area contributed by atoms with Gasteiger partial charge in [0, 0.05) is 18.0 Å². The van der Waals surface area contributed by atoms with Crippen molar-refractivity contribution in [3.05, 3.63) is 154 Å². The Morgan fingerprint density at radius 1 is 0.767 bits per heavy atom. The Balaban J connectivity index is 1.26. The van der Waals surface area contributed by atoms with Crippen molar-refractivity contribution in [3.8, 4) is 0 Å². The number of aliphatic hydroxyl groups excluding tert-OH is 1. The summed E-state index contributed by atoms with van der Waals surface area (Å²) in [6.07, 6.45) is -0.519. The first-order valence-corrected chi connectivity index (χ1v) is 15.0. The number of rotatable bonds is 4. The van der Waals surface area contributed by atoms with Gasteiger partial charge in [0.15, 0.2) is 0 Å². The van der Waals surface area contributed by atoms with Gasteiger partial charge in [-0.15, -0.1) is 0 Å². The number of aliphatic hydroxyl groups is 1. The first-order chi connectivity index (χ1) is 21.1. The van der Waals surface area contributed by atoms with E-state index in [1.807, 2.05) is 36.4 Å². The van der Waals surface area contributed by atoms with Gasteiger partial charge in [0.25, 0.3) is 5.91 Å². The molecule has 2 heterocycles. The molecule has 3 unspecified atom stereocenters. The highest BCUT2D eigenvalue weighted by Gasteiger charge is 2.85. The summed E-state index contributed by atoms with van der Waals surface area (Å²) in [4.78, 5) is 23.3. The zero-order valence-electron chi connectivity index (χ0n) is 23.8. The molecule has 3 aliphatic carbocycles. The van der Waals surface area contributed by atoms with Crippen LogP contribution in [0.3, 0.4) is 0 Å². The minimum atomic E-state index is -1.39. The molecule has 0 radical (unpaired) electrons. The van der Waals surface area contributed by atoms with Crippen LogP contribution in [0.2, 0.25) is 0 Å². The van der Waals surface area contributed by atoms with Gasteiger partial charge in [0.2, 0.25) is 5.60 Å². The van der Waals surface area contributed by atoms with E-state index in [4.69, 9.17) is 9.99 Å². The van der Waals surface area contributed by atoms with Gasteiger partial charge in [-0.05, 0) is 51.9 Å². The summed E-state index contributed by atoms with van der Waals surface area (Å²) in [7, 11) is 0. The summed E-state index contributed by atoms with van der Waals surface area (Å²) in [5.41, 5.74) is 5.73. The number of carbonyl (C=O) groups is 1. The smallest absolute Gasteiger partial charge is 0.273 e. The fraction of sp³-hybridized carbons (Fsp3) is 0.211. The van der Waals surface area contributed by atoms with E-state index in [1.54, 1.807) is 4.90 Å². The minimum Gasteiger partial charge on any atom is -0.377 e. The molecule has 210 valence electrons. The molecule has 2 aliphatic heterocycles. The van der Waals surface area contributed by atoms with Crippen molar-refractivity contribution < 1.29 is 14.7 Å². The van der Waals surface area contributed by atoms with E-state index in [0.29, 0.717) is 18.7 Å². The second-order valence-corrected chi connectivity index (χ2v) is 12.4. The molecule has 1 N–H and O–H groups in total. The average molecular weight is 563 g/mol. The molecule has 5 aromatic rings. The molecule has 5 heteroatoms. The van der Waals surface area contributed by atoms with Crippen molar-refractivity contribution in [3.63, 3.8) is 0 Å². The highest BCUT2D eigenvalue weighted by Crippen LogP contribution is 2.73. The summed E-state index contributed by atoms with van der Waals surface area (Å²) in [6.45, 7) is 2.42. The lowest BCUT2D eigenvalue weighted by atomic mass is 9.44. The maximum atomic E-state index is 15.0. The number of oxime groups is 1. The Bertz CT molecular complexity index is 1950. The third kappa shape index (κ3) is 2.91. The molecule has 1 fully saturated rings. The van der Waals surface area contributed by atoms with Crippen molar-refractivity contribution in [1.29, 1.82) is 0 Å². The molecule has 2 bridgehead atoms. The van der Waals surface area contributed by atoms with E-state index >= 15 is 4.79 Å². The van der Waals surface area contributed by atoms with Crippen molar-refractivity contribution in [2.45, 2.75) is 37.0 Å². The molecule has 10 rings (SSSR count). The third-order valence-electron chi connectivity index (χ3n) is 10.5. The van der Waals surface area contributed by atoms with E-state index in [-0.39, 0.29) is 11.8 Å². The van der Waals surface area contributed by atoms with Crippen molar-refractivity contribution in [2.75, 3.05) is 6.54 Å². The quantitative estimate of drug-likeness (QED) is 0.280. The van der Waals surface area contributed by atoms with Crippen LogP contribution in [0, 0.1) is 12.3 Å². The van der Waals surface area contributed by atoms with Crippen LogP contribution in [0.15, 0.2) is 120 Å². The normalized spacial score (nSPS) is 27.8. The summed E-state index contributed by atoms with van der Waals surface area (Å²) in [6, 6.07) is 39.5. The van der Waals surface area contributed by atoms with Crippen molar-refractivity contribution >= 4 is 22.4 Å². The Hall–Kier alpha value is -4.74. The molecule has 3 atom stereocenters. The predicted molar refractivity (Wildman–Crippen MR) is 166 cm³/mol. The van der Waals surface area contributed by atoms with Crippen LogP contribution in [0.25, 0.3) is 10.8 Å². The summed E-state index contributed by atoms with van der Waals surface area (Å²) >= 11 is 0. The van der Waals surface area contributed by atoms with Crippen LogP contribution < -0.4 is 0 Å². The van der Waals surface area contributed by atoms with Gasteiger partial charge in [-0.2, -0.15) is 0 Å². The molecule has 43 heavy (non-hydrogen) atoms. The maximum absolute atomic E-state index is 15.0. The highest BCUT2D eigenvalue weighted by molar-refractivity contribution is 6.15. The van der Waals surface area contributed by atoms with E-state index in [1.165, 1.54) is 0 Å². The summed E-state index contributed by atoms with van der Waals surface area (Å²) in [5, 5.41) is 19.8. The third-order valence-corrected chi connectivity index (χ3v) is 10.5. The summed E-state index contributed by atoms with van der Waals surface area (Å²) < 4.78 is 0. The standard InChI is InChI=1S/C38H30N2O3/c1-23-17-19-26(20-18-23)34-37-32-28-13-4-6-15-30(28)33(31-16-7-5-14-29(31)32)38(37,43-39-34)36(42)40(35(37)41)22-21-25-11-8-10-24-9-2-3-12-27(24)25/h2-20,32-33,35,41H,21-22H2,1H3. The lowest BCUT2D eigenvalue weighted by Crippen LogP contribution is -2.65. The molecule has 0 aromatic heterocycles. The van der Waals surface area contributed by atoms with Gasteiger partial charge in [-0.3, -0.25) is 4.79 Å². The van der Waals surface area contributed by atoms with Gasteiger partial charge < -0.3 is 14.8 Å². The Morgan fingerprint density at radius 2 is 1.37 bits per heavy atom. The molecule has 5 aliphatic rings. The minimum absolute atomic E-state index is 0.190. The van der Waals surface area contributed by atoms with Gasteiger partial charge in [0.05, 0.1) is 5.92 Å². The zero-order chi connectivity index (χ0) is 28.9. The van der Waals surface area contributed by atoms with Crippen LogP contribution in [0.4, 0.5) is 0 Å². The maximum Gasteiger partial charge on any atom is 0.273 e. The Morgan fingerprint density at radius 3 is 2.07 bits per heavy atom. The highest BCUT2D eigenvalue weighted by atomic mass is 16.7. The molecular weight excluding hydrogens is 532 g/mol. The lowest BCUT2D eigenvalue weighted by Gasteiger charge is -2.56. The van der Waals surface area contributed by atoms with Crippen molar-refractivity contribution in [2.24, 2.45) is 10.6 Å². The molecule has 1 amide bonds. The van der Waals surface area contributed by atoms with E-state index in [9.17, 15) is 5.11 Å². The van der Waals surface area contributed by atoms with Crippen LogP contribution in [0.1, 0.15) is 50.8 Å². The number of aryl methyl sites for hydroxylation is 1. The second-order valence-electron chi connectivity index (χ2n) is 12.4. The zero-order valence-corrected chi connectivity index (χ0v) is 23.8. The molecule has 5 nitrogen and oxygen atoms in total. The van der Waals surface area contributed by atoms with Crippen LogP contribution in [-0.4, -0.2) is 40.0 Å². The van der Waals surface area contributed by atoms with Gasteiger partial charge in [-0.1, -0.05) is 126 Å². The first-order valence-electron chi connectivity index (χ1n) is 15.0. The number of fused-ring (bicyclic) bond motifs is 1. The number of nitrogens with zero attached hydrogens (tertiary/aromatic N) is 2. The second kappa shape index (κ2) is 8.65.